The zero-order chi connectivity index (χ0) is 13.0. The molecule has 1 aliphatic heterocycles. The van der Waals surface area contributed by atoms with Gasteiger partial charge >= 0.3 is 0 Å². The first-order valence-electron chi connectivity index (χ1n) is 6.07. The van der Waals surface area contributed by atoms with Gasteiger partial charge in [-0.05, 0) is 23.6 Å². The van der Waals surface area contributed by atoms with Crippen LogP contribution in [0.2, 0.25) is 0 Å². The average Bonchev–Trinajstić information content (AvgIpc) is 2.92. The molecule has 1 aromatic heterocycles. The largest absolute Gasteiger partial charge is 0.454 e. The number of hydrogen-bond acceptors (Lipinski definition) is 3. The van der Waals surface area contributed by atoms with Crippen LogP contribution in [0.25, 0.3) is 21.7 Å². The third-order valence-corrected chi connectivity index (χ3v) is 3.60. The maximum Gasteiger partial charge on any atom is 0.258 e. The molecule has 0 aliphatic carbocycles. The summed E-state index contributed by atoms with van der Waals surface area (Å²) in [5.41, 5.74) is 0.769. The normalized spacial score (nSPS) is 13.3. The molecule has 4 nitrogen and oxygen atoms in total. The zero-order valence-electron chi connectivity index (χ0n) is 10.3. The molecule has 0 unspecified atom stereocenters. The van der Waals surface area contributed by atoms with Crippen LogP contribution in [-0.4, -0.2) is 11.4 Å². The molecule has 2 aromatic carbocycles. The first-order valence-corrected chi connectivity index (χ1v) is 6.07. The molecule has 2 heterocycles. The first kappa shape index (κ1) is 10.4. The topological polar surface area (TPSA) is 40.5 Å². The fraction of sp³-hybridized carbons (Fsp3) is 0.133. The summed E-state index contributed by atoms with van der Waals surface area (Å²) in [5.74, 6) is 1.35. The Morgan fingerprint density at radius 3 is 2.63 bits per heavy atom. The van der Waals surface area contributed by atoms with Gasteiger partial charge in [0.15, 0.2) is 11.5 Å². The highest BCUT2D eigenvalue weighted by molar-refractivity contribution is 6.08. The number of aryl methyl sites for hydroxylation is 1. The van der Waals surface area contributed by atoms with Gasteiger partial charge in [-0.2, -0.15) is 0 Å². The smallest absolute Gasteiger partial charge is 0.258 e. The number of rotatable bonds is 0. The second-order valence-electron chi connectivity index (χ2n) is 4.61. The van der Waals surface area contributed by atoms with E-state index in [2.05, 4.69) is 0 Å². The predicted octanol–water partition coefficient (Wildman–Crippen LogP) is 2.42. The van der Waals surface area contributed by atoms with E-state index in [1.54, 1.807) is 11.6 Å². The molecule has 0 atom stereocenters. The SMILES string of the molecule is Cn1c(=O)c2ccccc2c2ccc3c(c21)OCO3. The minimum Gasteiger partial charge on any atom is -0.454 e. The maximum atomic E-state index is 12.4. The van der Waals surface area contributed by atoms with Gasteiger partial charge in [0.1, 0.15) is 0 Å². The van der Waals surface area contributed by atoms with Gasteiger partial charge in [-0.1, -0.05) is 18.2 Å². The molecule has 3 aromatic rings. The summed E-state index contributed by atoms with van der Waals surface area (Å²) in [6.45, 7) is 0.204. The summed E-state index contributed by atoms with van der Waals surface area (Å²) in [6, 6.07) is 11.5. The Bertz CT molecular complexity index is 880. The van der Waals surface area contributed by atoms with E-state index in [9.17, 15) is 4.79 Å². The van der Waals surface area contributed by atoms with Gasteiger partial charge in [0.05, 0.1) is 5.52 Å². The van der Waals surface area contributed by atoms with Crippen molar-refractivity contribution in [1.29, 1.82) is 0 Å². The fourth-order valence-corrected chi connectivity index (χ4v) is 2.69. The van der Waals surface area contributed by atoms with Gasteiger partial charge in [-0.25, -0.2) is 0 Å². The van der Waals surface area contributed by atoms with Crippen molar-refractivity contribution in [3.63, 3.8) is 0 Å². The number of pyridine rings is 1. The number of nitrogens with zero attached hydrogens (tertiary/aromatic N) is 1. The minimum atomic E-state index is -0.0213. The van der Waals surface area contributed by atoms with Crippen LogP contribution in [0, 0.1) is 0 Å². The molecule has 94 valence electrons. The van der Waals surface area contributed by atoms with E-state index in [1.165, 1.54) is 0 Å². The second kappa shape index (κ2) is 3.51. The van der Waals surface area contributed by atoms with Crippen LogP contribution in [0.4, 0.5) is 0 Å². The van der Waals surface area contributed by atoms with E-state index < -0.39 is 0 Å². The highest BCUT2D eigenvalue weighted by atomic mass is 16.7. The third kappa shape index (κ3) is 1.25. The number of benzene rings is 2. The highest BCUT2D eigenvalue weighted by Gasteiger charge is 2.20. The van der Waals surface area contributed by atoms with Crippen molar-refractivity contribution in [2.45, 2.75) is 0 Å². The van der Waals surface area contributed by atoms with Crippen molar-refractivity contribution < 1.29 is 9.47 Å². The van der Waals surface area contributed by atoms with Crippen LogP contribution in [0.3, 0.4) is 0 Å². The molecule has 4 rings (SSSR count). The van der Waals surface area contributed by atoms with Crippen molar-refractivity contribution in [2.24, 2.45) is 7.05 Å². The number of hydrogen-bond donors (Lipinski definition) is 0. The Balaban J connectivity index is 2.34. The Hall–Kier alpha value is -2.49. The summed E-state index contributed by atoms with van der Waals surface area (Å²) in [6.07, 6.45) is 0. The van der Waals surface area contributed by atoms with Crippen LogP contribution in [0.1, 0.15) is 0 Å². The Labute approximate surface area is 108 Å². The van der Waals surface area contributed by atoms with E-state index in [0.29, 0.717) is 11.5 Å². The zero-order valence-corrected chi connectivity index (χ0v) is 10.3. The maximum absolute atomic E-state index is 12.4. The first-order chi connectivity index (χ1) is 9.27. The van der Waals surface area contributed by atoms with Gasteiger partial charge in [0.25, 0.3) is 5.56 Å². The lowest BCUT2D eigenvalue weighted by molar-refractivity contribution is 0.174. The molecule has 0 N–H and O–H groups in total. The van der Waals surface area contributed by atoms with Crippen LogP contribution in [0.5, 0.6) is 11.5 Å². The molecule has 0 amide bonds. The molecule has 0 saturated heterocycles. The summed E-state index contributed by atoms with van der Waals surface area (Å²) in [4.78, 5) is 12.4. The number of fused-ring (bicyclic) bond motifs is 5. The molecule has 0 fully saturated rings. The fourth-order valence-electron chi connectivity index (χ4n) is 2.69. The molecular weight excluding hydrogens is 242 g/mol. The van der Waals surface area contributed by atoms with Crippen LogP contribution in [0.15, 0.2) is 41.2 Å². The van der Waals surface area contributed by atoms with Gasteiger partial charge in [-0.15, -0.1) is 0 Å². The lowest BCUT2D eigenvalue weighted by atomic mass is 10.1. The Morgan fingerprint density at radius 2 is 1.79 bits per heavy atom. The number of aromatic nitrogens is 1. The van der Waals surface area contributed by atoms with Gasteiger partial charge in [0, 0.05) is 17.8 Å². The summed E-state index contributed by atoms with van der Waals surface area (Å²) >= 11 is 0. The summed E-state index contributed by atoms with van der Waals surface area (Å²) < 4.78 is 12.5. The van der Waals surface area contributed by atoms with Crippen molar-refractivity contribution in [2.75, 3.05) is 6.79 Å². The van der Waals surface area contributed by atoms with Crippen LogP contribution < -0.4 is 15.0 Å². The summed E-state index contributed by atoms with van der Waals surface area (Å²) in [5, 5.41) is 2.66. The summed E-state index contributed by atoms with van der Waals surface area (Å²) in [7, 11) is 1.76. The van der Waals surface area contributed by atoms with Crippen LogP contribution in [-0.2, 0) is 7.05 Å². The molecule has 1 aliphatic rings. The van der Waals surface area contributed by atoms with Gasteiger partial charge in [-0.3, -0.25) is 4.79 Å². The van der Waals surface area contributed by atoms with Crippen molar-refractivity contribution in [1.82, 2.24) is 4.57 Å². The highest BCUT2D eigenvalue weighted by Crippen LogP contribution is 2.40. The van der Waals surface area contributed by atoms with E-state index in [4.69, 9.17) is 9.47 Å². The van der Waals surface area contributed by atoms with Crippen molar-refractivity contribution in [3.8, 4) is 11.5 Å². The van der Waals surface area contributed by atoms with Gasteiger partial charge in [0.2, 0.25) is 6.79 Å². The predicted molar refractivity (Wildman–Crippen MR) is 72.8 cm³/mol. The Morgan fingerprint density at radius 1 is 1.00 bits per heavy atom. The molecule has 0 spiro atoms. The number of ether oxygens (including phenoxy) is 2. The van der Waals surface area contributed by atoms with Crippen LogP contribution >= 0.6 is 0 Å². The quantitative estimate of drug-likeness (QED) is 0.578. The molecule has 19 heavy (non-hydrogen) atoms. The molecular formula is C15H11NO3. The molecule has 0 saturated carbocycles. The van der Waals surface area contributed by atoms with E-state index in [1.807, 2.05) is 36.4 Å². The second-order valence-corrected chi connectivity index (χ2v) is 4.61. The molecule has 0 radical (unpaired) electrons. The molecule has 4 heteroatoms. The third-order valence-electron chi connectivity index (χ3n) is 3.60. The average molecular weight is 253 g/mol. The molecule has 0 bridgehead atoms. The van der Waals surface area contributed by atoms with E-state index >= 15 is 0 Å². The van der Waals surface area contributed by atoms with Crippen molar-refractivity contribution in [3.05, 3.63) is 46.8 Å². The van der Waals surface area contributed by atoms with E-state index in [-0.39, 0.29) is 12.4 Å². The van der Waals surface area contributed by atoms with Gasteiger partial charge < -0.3 is 14.0 Å². The lowest BCUT2D eigenvalue weighted by Gasteiger charge is -2.10. The lowest BCUT2D eigenvalue weighted by Crippen LogP contribution is -2.17. The van der Waals surface area contributed by atoms with Crippen molar-refractivity contribution >= 4 is 21.7 Å². The Kier molecular flexibility index (Phi) is 1.93. The monoisotopic (exact) mass is 253 g/mol. The minimum absolute atomic E-state index is 0.0213. The van der Waals surface area contributed by atoms with E-state index in [0.717, 1.165) is 21.7 Å². The standard InChI is InChI=1S/C15H11NO3/c1-16-13-10(6-7-12-14(13)19-8-18-12)9-4-2-3-5-11(9)15(16)17/h2-7H,8H2,1H3.